The van der Waals surface area contributed by atoms with Gasteiger partial charge in [-0.1, -0.05) is 25.1 Å². The van der Waals surface area contributed by atoms with Crippen LogP contribution in [0.1, 0.15) is 30.6 Å². The minimum Gasteiger partial charge on any atom is -0.350 e. The molecule has 0 heterocycles. The van der Waals surface area contributed by atoms with Crippen molar-refractivity contribution >= 4 is 17.5 Å². The van der Waals surface area contributed by atoms with E-state index in [0.29, 0.717) is 17.8 Å². The Balaban J connectivity index is 2.72. The maximum Gasteiger partial charge on any atom is 0.253 e. The van der Waals surface area contributed by atoms with Crippen LogP contribution in [0.2, 0.25) is 0 Å². The lowest BCUT2D eigenvalue weighted by atomic mass is 10.1. The zero-order valence-electron chi connectivity index (χ0n) is 12.6. The molecule has 21 heavy (non-hydrogen) atoms. The van der Waals surface area contributed by atoms with E-state index in [9.17, 15) is 9.59 Å². The molecular weight excluding hydrogens is 266 g/mol. The van der Waals surface area contributed by atoms with Crippen LogP contribution in [-0.4, -0.2) is 30.9 Å². The van der Waals surface area contributed by atoms with Gasteiger partial charge in [0, 0.05) is 12.6 Å². The largest absolute Gasteiger partial charge is 0.350 e. The normalized spacial score (nSPS) is 11.5. The summed E-state index contributed by atoms with van der Waals surface area (Å²) in [6.45, 7) is 8.25. The van der Waals surface area contributed by atoms with Gasteiger partial charge >= 0.3 is 0 Å². The number of benzene rings is 1. The van der Waals surface area contributed by atoms with E-state index >= 15 is 0 Å². The summed E-state index contributed by atoms with van der Waals surface area (Å²) in [5, 5.41) is 8.55. The van der Waals surface area contributed by atoms with Crippen molar-refractivity contribution in [2.24, 2.45) is 0 Å². The third-order valence-electron chi connectivity index (χ3n) is 3.01. The van der Waals surface area contributed by atoms with Gasteiger partial charge in [-0.25, -0.2) is 0 Å². The average molecular weight is 289 g/mol. The van der Waals surface area contributed by atoms with Crippen molar-refractivity contribution < 1.29 is 9.59 Å². The highest BCUT2D eigenvalue weighted by atomic mass is 16.2. The molecule has 114 valence electrons. The highest BCUT2D eigenvalue weighted by Crippen LogP contribution is 2.15. The molecule has 0 saturated heterocycles. The molecule has 0 aromatic heterocycles. The Kier molecular flexibility index (Phi) is 7.18. The summed E-state index contributed by atoms with van der Waals surface area (Å²) in [4.78, 5) is 24.0. The number of hydrogen-bond donors (Lipinski definition) is 3. The fourth-order valence-corrected chi connectivity index (χ4v) is 1.68. The van der Waals surface area contributed by atoms with E-state index in [1.165, 1.54) is 0 Å². The fraction of sp³-hybridized carbons (Fsp3) is 0.375. The lowest BCUT2D eigenvalue weighted by Gasteiger charge is -2.14. The van der Waals surface area contributed by atoms with Crippen molar-refractivity contribution in [2.45, 2.75) is 26.3 Å². The topological polar surface area (TPSA) is 70.2 Å². The smallest absolute Gasteiger partial charge is 0.253 e. The standard InChI is InChI=1S/C16H23N3O2/c1-4-10-17-11-15(20)19-14-9-7-6-8-13(14)16(21)18-12(3)5-2/h4,6-9,12,17H,1,5,10-11H2,2-3H3,(H,18,21)(H,19,20). The number of hydrogen-bond acceptors (Lipinski definition) is 3. The second kappa shape index (κ2) is 8.92. The van der Waals surface area contributed by atoms with Crippen molar-refractivity contribution in [1.82, 2.24) is 10.6 Å². The SMILES string of the molecule is C=CCNCC(=O)Nc1ccccc1C(=O)NC(C)CC. The van der Waals surface area contributed by atoms with Crippen LogP contribution >= 0.6 is 0 Å². The van der Waals surface area contributed by atoms with Gasteiger partial charge in [-0.05, 0) is 25.5 Å². The molecule has 0 radical (unpaired) electrons. The molecular formula is C16H23N3O2. The summed E-state index contributed by atoms with van der Waals surface area (Å²) in [7, 11) is 0. The van der Waals surface area contributed by atoms with Gasteiger partial charge < -0.3 is 16.0 Å². The van der Waals surface area contributed by atoms with E-state index in [4.69, 9.17) is 0 Å². The number of nitrogens with one attached hydrogen (secondary N) is 3. The van der Waals surface area contributed by atoms with Crippen molar-refractivity contribution in [3.05, 3.63) is 42.5 Å². The summed E-state index contributed by atoms with van der Waals surface area (Å²) in [6.07, 6.45) is 2.53. The molecule has 0 aliphatic heterocycles. The van der Waals surface area contributed by atoms with Crippen molar-refractivity contribution in [3.63, 3.8) is 0 Å². The molecule has 0 spiro atoms. The van der Waals surface area contributed by atoms with E-state index in [2.05, 4.69) is 22.5 Å². The molecule has 5 nitrogen and oxygen atoms in total. The second-order valence-electron chi connectivity index (χ2n) is 4.80. The molecule has 0 bridgehead atoms. The van der Waals surface area contributed by atoms with Crippen LogP contribution in [0.4, 0.5) is 5.69 Å². The predicted octanol–water partition coefficient (Wildman–Crippen LogP) is 1.93. The van der Waals surface area contributed by atoms with Gasteiger partial charge in [-0.3, -0.25) is 9.59 Å². The average Bonchev–Trinajstić information content (AvgIpc) is 2.47. The molecule has 2 amide bonds. The van der Waals surface area contributed by atoms with Gasteiger partial charge in [0.2, 0.25) is 5.91 Å². The highest BCUT2D eigenvalue weighted by Gasteiger charge is 2.14. The Morgan fingerprint density at radius 2 is 2.05 bits per heavy atom. The van der Waals surface area contributed by atoms with Crippen LogP contribution in [0.15, 0.2) is 36.9 Å². The molecule has 1 unspecified atom stereocenters. The second-order valence-corrected chi connectivity index (χ2v) is 4.80. The van der Waals surface area contributed by atoms with E-state index < -0.39 is 0 Å². The summed E-state index contributed by atoms with van der Waals surface area (Å²) >= 11 is 0. The van der Waals surface area contributed by atoms with Gasteiger partial charge in [-0.15, -0.1) is 6.58 Å². The molecule has 1 rings (SSSR count). The summed E-state index contributed by atoms with van der Waals surface area (Å²) < 4.78 is 0. The maximum absolute atomic E-state index is 12.2. The molecule has 1 aromatic carbocycles. The molecule has 0 fully saturated rings. The molecule has 3 N–H and O–H groups in total. The summed E-state index contributed by atoms with van der Waals surface area (Å²) in [6, 6.07) is 7.07. The first kappa shape index (κ1) is 16.9. The zero-order valence-corrected chi connectivity index (χ0v) is 12.6. The lowest BCUT2D eigenvalue weighted by molar-refractivity contribution is -0.115. The van der Waals surface area contributed by atoms with Gasteiger partial charge in [0.05, 0.1) is 17.8 Å². The molecule has 0 saturated carbocycles. The first-order valence-electron chi connectivity index (χ1n) is 7.09. The van der Waals surface area contributed by atoms with E-state index in [1.807, 2.05) is 13.8 Å². The highest BCUT2D eigenvalue weighted by molar-refractivity contribution is 6.04. The first-order chi connectivity index (χ1) is 10.1. The Hall–Kier alpha value is -2.14. The Labute approximate surface area is 125 Å². The minimum atomic E-state index is -0.194. The predicted molar refractivity (Wildman–Crippen MR) is 85.4 cm³/mol. The van der Waals surface area contributed by atoms with E-state index in [1.54, 1.807) is 30.3 Å². The Morgan fingerprint density at radius 3 is 2.71 bits per heavy atom. The number of amides is 2. The molecule has 0 aliphatic carbocycles. The molecule has 1 aromatic rings. The monoisotopic (exact) mass is 289 g/mol. The zero-order chi connectivity index (χ0) is 15.7. The Bertz CT molecular complexity index is 500. The molecule has 1 atom stereocenters. The number of carbonyl (C=O) groups is 2. The van der Waals surface area contributed by atoms with Crippen LogP contribution in [0.5, 0.6) is 0 Å². The summed E-state index contributed by atoms with van der Waals surface area (Å²) in [5.74, 6) is -0.375. The van der Waals surface area contributed by atoms with Crippen LogP contribution in [-0.2, 0) is 4.79 Å². The van der Waals surface area contributed by atoms with Gasteiger partial charge in [0.1, 0.15) is 0 Å². The van der Waals surface area contributed by atoms with Gasteiger partial charge in [0.15, 0.2) is 0 Å². The van der Waals surface area contributed by atoms with E-state index in [-0.39, 0.29) is 24.4 Å². The van der Waals surface area contributed by atoms with Crippen LogP contribution in [0.3, 0.4) is 0 Å². The third-order valence-corrected chi connectivity index (χ3v) is 3.01. The van der Waals surface area contributed by atoms with Crippen molar-refractivity contribution in [2.75, 3.05) is 18.4 Å². The number of para-hydroxylation sites is 1. The first-order valence-corrected chi connectivity index (χ1v) is 7.09. The Morgan fingerprint density at radius 1 is 1.33 bits per heavy atom. The lowest BCUT2D eigenvalue weighted by Crippen LogP contribution is -2.33. The molecule has 0 aliphatic rings. The van der Waals surface area contributed by atoms with Crippen molar-refractivity contribution in [3.8, 4) is 0 Å². The quantitative estimate of drug-likeness (QED) is 0.506. The summed E-state index contributed by atoms with van der Waals surface area (Å²) in [5.41, 5.74) is 0.985. The van der Waals surface area contributed by atoms with Gasteiger partial charge in [0.25, 0.3) is 5.91 Å². The van der Waals surface area contributed by atoms with Crippen LogP contribution in [0.25, 0.3) is 0 Å². The van der Waals surface area contributed by atoms with Crippen LogP contribution in [0, 0.1) is 0 Å². The minimum absolute atomic E-state index is 0.0931. The maximum atomic E-state index is 12.2. The molecule has 5 heteroatoms. The van der Waals surface area contributed by atoms with Crippen LogP contribution < -0.4 is 16.0 Å². The van der Waals surface area contributed by atoms with Crippen molar-refractivity contribution in [1.29, 1.82) is 0 Å². The number of carbonyl (C=O) groups excluding carboxylic acids is 2. The number of rotatable bonds is 8. The van der Waals surface area contributed by atoms with E-state index in [0.717, 1.165) is 6.42 Å². The number of anilines is 1. The third kappa shape index (κ3) is 5.79. The fourth-order valence-electron chi connectivity index (χ4n) is 1.68. The van der Waals surface area contributed by atoms with Gasteiger partial charge in [-0.2, -0.15) is 0 Å².